The van der Waals surface area contributed by atoms with Crippen LogP contribution in [0.3, 0.4) is 0 Å². The highest BCUT2D eigenvalue weighted by molar-refractivity contribution is 9.10. The molecule has 0 bridgehead atoms. The molecule has 0 spiro atoms. The van der Waals surface area contributed by atoms with Gasteiger partial charge in [0.05, 0.1) is 31.2 Å². The summed E-state index contributed by atoms with van der Waals surface area (Å²) in [6.07, 6.45) is 4.34. The molecule has 176 valence electrons. The molecule has 7 heteroatoms. The van der Waals surface area contributed by atoms with Gasteiger partial charge in [-0.1, -0.05) is 58.4 Å². The van der Waals surface area contributed by atoms with Crippen LogP contribution in [0.15, 0.2) is 71.5 Å². The summed E-state index contributed by atoms with van der Waals surface area (Å²) in [7, 11) is 1.54. The Labute approximate surface area is 207 Å². The number of ether oxygens (including phenoxy) is 2. The van der Waals surface area contributed by atoms with Crippen molar-refractivity contribution >= 4 is 15.9 Å². The Bertz CT molecular complexity index is 1200. The second kappa shape index (κ2) is 8.05. The van der Waals surface area contributed by atoms with E-state index in [1.165, 1.54) is 0 Å². The lowest BCUT2D eigenvalue weighted by Gasteiger charge is -2.41. The summed E-state index contributed by atoms with van der Waals surface area (Å²) >= 11 is 3.53. The number of hydrogen-bond donors (Lipinski definition) is 3. The summed E-state index contributed by atoms with van der Waals surface area (Å²) in [5.41, 5.74) is -0.777. The molecular formula is C27H27BrN2O4. The Morgan fingerprint density at radius 1 is 1.12 bits per heavy atom. The number of nitrogens with zero attached hydrogens (tertiary/aromatic N) is 1. The number of aliphatic hydroxyl groups excluding tert-OH is 1. The maximum Gasteiger partial charge on any atom is 0.177 e. The summed E-state index contributed by atoms with van der Waals surface area (Å²) in [6, 6.07) is 18.3. The number of pyridine rings is 1. The second-order valence-corrected chi connectivity index (χ2v) is 10.4. The van der Waals surface area contributed by atoms with E-state index < -0.39 is 17.3 Å². The SMILES string of the molecule is COc1cncc2c1[C@]1(O)[C@H](O)[C@H](CNC3CC3)[C@@H](c3ccccc3)[C@]1(c1ccc(Br)cc1)O2. The van der Waals surface area contributed by atoms with Crippen LogP contribution in [-0.2, 0) is 11.2 Å². The van der Waals surface area contributed by atoms with Crippen LogP contribution in [0.4, 0.5) is 0 Å². The van der Waals surface area contributed by atoms with Crippen molar-refractivity contribution in [1.82, 2.24) is 10.3 Å². The molecule has 1 aliphatic heterocycles. The molecule has 0 radical (unpaired) electrons. The lowest BCUT2D eigenvalue weighted by atomic mass is 9.70. The Morgan fingerprint density at radius 2 is 1.85 bits per heavy atom. The number of benzene rings is 2. The van der Waals surface area contributed by atoms with Gasteiger partial charge in [-0.25, -0.2) is 0 Å². The number of fused-ring (bicyclic) bond motifs is 3. The van der Waals surface area contributed by atoms with E-state index in [9.17, 15) is 10.2 Å². The Kier molecular flexibility index (Phi) is 5.22. The molecule has 1 aromatic heterocycles. The Morgan fingerprint density at radius 3 is 2.53 bits per heavy atom. The zero-order chi connectivity index (χ0) is 23.5. The summed E-state index contributed by atoms with van der Waals surface area (Å²) in [4.78, 5) is 4.27. The van der Waals surface area contributed by atoms with E-state index in [1.54, 1.807) is 19.5 Å². The molecular weight excluding hydrogens is 496 g/mol. The molecule has 34 heavy (non-hydrogen) atoms. The van der Waals surface area contributed by atoms with Crippen LogP contribution >= 0.6 is 15.9 Å². The van der Waals surface area contributed by atoms with Crippen molar-refractivity contribution in [2.24, 2.45) is 5.92 Å². The topological polar surface area (TPSA) is 83.8 Å². The van der Waals surface area contributed by atoms with Gasteiger partial charge in [0.25, 0.3) is 0 Å². The van der Waals surface area contributed by atoms with Crippen molar-refractivity contribution in [3.8, 4) is 11.5 Å². The first-order valence-electron chi connectivity index (χ1n) is 11.7. The van der Waals surface area contributed by atoms with E-state index >= 15 is 0 Å². The molecule has 3 N–H and O–H groups in total. The molecule has 2 fully saturated rings. The third kappa shape index (κ3) is 3.00. The first-order valence-corrected chi connectivity index (χ1v) is 12.5. The van der Waals surface area contributed by atoms with Crippen molar-refractivity contribution in [1.29, 1.82) is 0 Å². The molecule has 3 aromatic rings. The summed E-state index contributed by atoms with van der Waals surface area (Å²) in [5, 5.41) is 28.3. The Hall–Kier alpha value is -2.45. The monoisotopic (exact) mass is 522 g/mol. The fourth-order valence-electron chi connectivity index (χ4n) is 6.05. The zero-order valence-corrected chi connectivity index (χ0v) is 20.4. The van der Waals surface area contributed by atoms with E-state index in [-0.39, 0.29) is 11.8 Å². The third-order valence-electron chi connectivity index (χ3n) is 7.67. The fraction of sp³-hybridized carbons (Fsp3) is 0.370. The predicted octanol–water partition coefficient (Wildman–Crippen LogP) is 3.85. The van der Waals surface area contributed by atoms with Gasteiger partial charge >= 0.3 is 0 Å². The minimum Gasteiger partial charge on any atom is -0.495 e. The smallest absolute Gasteiger partial charge is 0.177 e. The van der Waals surface area contributed by atoms with Crippen LogP contribution in [-0.4, -0.2) is 41.0 Å². The Balaban J connectivity index is 1.63. The largest absolute Gasteiger partial charge is 0.495 e. The highest BCUT2D eigenvalue weighted by Crippen LogP contribution is 2.69. The molecule has 2 aromatic carbocycles. The number of rotatable bonds is 6. The number of halogens is 1. The molecule has 2 saturated carbocycles. The normalized spacial score (nSPS) is 31.6. The second-order valence-electron chi connectivity index (χ2n) is 9.51. The number of methoxy groups -OCH3 is 1. The zero-order valence-electron chi connectivity index (χ0n) is 18.8. The summed E-state index contributed by atoms with van der Waals surface area (Å²) in [5.74, 6) is 0.194. The van der Waals surface area contributed by atoms with Crippen molar-refractivity contribution in [3.05, 3.63) is 88.2 Å². The molecule has 2 aliphatic carbocycles. The summed E-state index contributed by atoms with van der Waals surface area (Å²) < 4.78 is 13.3. The van der Waals surface area contributed by atoms with Crippen molar-refractivity contribution in [2.75, 3.05) is 13.7 Å². The van der Waals surface area contributed by atoms with Crippen LogP contribution in [0, 0.1) is 5.92 Å². The van der Waals surface area contributed by atoms with Crippen molar-refractivity contribution in [3.63, 3.8) is 0 Å². The minimum absolute atomic E-state index is 0.303. The maximum absolute atomic E-state index is 12.7. The molecule has 6 nitrogen and oxygen atoms in total. The number of hydrogen-bond acceptors (Lipinski definition) is 6. The van der Waals surface area contributed by atoms with Crippen LogP contribution < -0.4 is 14.8 Å². The molecule has 6 rings (SSSR count). The van der Waals surface area contributed by atoms with E-state index in [4.69, 9.17) is 9.47 Å². The maximum atomic E-state index is 12.7. The van der Waals surface area contributed by atoms with E-state index in [0.29, 0.717) is 29.6 Å². The highest BCUT2D eigenvalue weighted by atomic mass is 79.9. The number of aromatic nitrogens is 1. The third-order valence-corrected chi connectivity index (χ3v) is 8.19. The average Bonchev–Trinajstić information content (AvgIpc) is 3.62. The van der Waals surface area contributed by atoms with E-state index in [0.717, 1.165) is 28.4 Å². The van der Waals surface area contributed by atoms with Gasteiger partial charge < -0.3 is 25.0 Å². The van der Waals surface area contributed by atoms with Crippen LogP contribution in [0.25, 0.3) is 0 Å². The standard InChI is InChI=1S/C27H27BrN2O4/c1-33-21-14-29-15-22-24(21)26(32)25(31)20(13-30-19-11-12-19)23(16-5-3-2-4-6-16)27(26,34-22)17-7-9-18(28)10-8-17/h2-10,14-15,19-20,23,25,30-32H,11-13H2,1H3/t20-,23-,25-,26+,27+/m1/s1. The molecule has 2 heterocycles. The lowest BCUT2D eigenvalue weighted by Crippen LogP contribution is -2.52. The highest BCUT2D eigenvalue weighted by Gasteiger charge is 2.76. The predicted molar refractivity (Wildman–Crippen MR) is 131 cm³/mol. The van der Waals surface area contributed by atoms with Crippen molar-refractivity contribution < 1.29 is 19.7 Å². The van der Waals surface area contributed by atoms with Crippen LogP contribution in [0.2, 0.25) is 0 Å². The van der Waals surface area contributed by atoms with Gasteiger partial charge in [-0.05, 0) is 36.1 Å². The number of nitrogens with one attached hydrogen (secondary N) is 1. The van der Waals surface area contributed by atoms with Crippen molar-refractivity contribution in [2.45, 2.75) is 42.1 Å². The van der Waals surface area contributed by atoms with E-state index in [1.807, 2.05) is 42.5 Å². The van der Waals surface area contributed by atoms with Gasteiger partial charge in [-0.15, -0.1) is 0 Å². The van der Waals surface area contributed by atoms with Gasteiger partial charge in [-0.2, -0.15) is 0 Å². The quantitative estimate of drug-likeness (QED) is 0.456. The minimum atomic E-state index is -1.75. The average molecular weight is 523 g/mol. The lowest BCUT2D eigenvalue weighted by molar-refractivity contribution is -0.152. The summed E-state index contributed by atoms with van der Waals surface area (Å²) in [6.45, 7) is 0.568. The first kappa shape index (κ1) is 22.0. The first-order chi connectivity index (χ1) is 16.5. The molecule has 0 saturated heterocycles. The molecule has 5 atom stereocenters. The van der Waals surface area contributed by atoms with Gasteiger partial charge in [0.1, 0.15) is 11.5 Å². The molecule has 3 aliphatic rings. The fourth-order valence-corrected chi connectivity index (χ4v) is 6.31. The van der Waals surface area contributed by atoms with Crippen LogP contribution in [0.1, 0.15) is 35.4 Å². The molecule has 0 amide bonds. The van der Waals surface area contributed by atoms with Gasteiger partial charge in [-0.3, -0.25) is 4.98 Å². The molecule has 0 unspecified atom stereocenters. The number of aliphatic hydroxyl groups is 2. The van der Waals surface area contributed by atoms with Gasteiger partial charge in [0, 0.05) is 28.9 Å². The van der Waals surface area contributed by atoms with E-state index in [2.05, 4.69) is 38.4 Å². The van der Waals surface area contributed by atoms with Gasteiger partial charge in [0.2, 0.25) is 0 Å². The van der Waals surface area contributed by atoms with Gasteiger partial charge in [0.15, 0.2) is 11.2 Å². The van der Waals surface area contributed by atoms with Crippen LogP contribution in [0.5, 0.6) is 11.5 Å².